The van der Waals surface area contributed by atoms with E-state index in [-0.39, 0.29) is 11.5 Å². The number of carboxylic acids is 1. The minimum absolute atomic E-state index is 0.0679. The van der Waals surface area contributed by atoms with E-state index in [2.05, 4.69) is 28.3 Å². The molecular weight excluding hydrogens is 428 g/mol. The van der Waals surface area contributed by atoms with Crippen molar-refractivity contribution in [1.82, 2.24) is 14.5 Å². The second-order valence-corrected chi connectivity index (χ2v) is 8.60. The highest BCUT2D eigenvalue weighted by atomic mass is 35.5. The molecule has 1 aliphatic heterocycles. The van der Waals surface area contributed by atoms with E-state index in [4.69, 9.17) is 21.3 Å². The molecule has 8 heteroatoms. The fourth-order valence-corrected chi connectivity index (χ4v) is 4.53. The minimum Gasteiger partial charge on any atom is -0.478 e. The molecule has 0 bridgehead atoms. The van der Waals surface area contributed by atoms with E-state index in [1.54, 1.807) is 12.3 Å². The van der Waals surface area contributed by atoms with E-state index in [1.807, 2.05) is 30.3 Å². The highest BCUT2D eigenvalue weighted by Gasteiger charge is 2.24. The first-order valence-electron chi connectivity index (χ1n) is 10.6. The van der Waals surface area contributed by atoms with Gasteiger partial charge in [0.25, 0.3) is 0 Å². The van der Waals surface area contributed by atoms with Crippen molar-refractivity contribution in [2.75, 3.05) is 31.2 Å². The quantitative estimate of drug-likeness (QED) is 0.477. The number of morpholine rings is 1. The Bertz CT molecular complexity index is 1340. The van der Waals surface area contributed by atoms with Gasteiger partial charge in [-0.15, -0.1) is 0 Å². The molecule has 0 radical (unpaired) electrons. The largest absolute Gasteiger partial charge is 0.478 e. The standard InChI is InChI=1S/C24H23ClN4O3/c1-14(2)23-27-22-17(24(30)31)12-15(28-8-10-32-11-9-28)13-20(22)29(23)19-6-7-26-21-16(19)4-3-5-18(21)25/h3-7,12-14H,8-11H2,1-2H3,(H,30,31). The van der Waals surface area contributed by atoms with Crippen molar-refractivity contribution in [2.24, 2.45) is 0 Å². The molecule has 2 aromatic heterocycles. The highest BCUT2D eigenvalue weighted by molar-refractivity contribution is 6.35. The fourth-order valence-electron chi connectivity index (χ4n) is 4.31. The third kappa shape index (κ3) is 3.38. The molecule has 32 heavy (non-hydrogen) atoms. The summed E-state index contributed by atoms with van der Waals surface area (Å²) in [4.78, 5) is 23.6. The van der Waals surface area contributed by atoms with Crippen molar-refractivity contribution in [3.8, 4) is 5.69 Å². The average Bonchev–Trinajstić information content (AvgIpc) is 3.18. The SMILES string of the molecule is CC(C)c1nc2c(C(=O)O)cc(N3CCOCC3)cc2n1-c1ccnc2c(Cl)cccc12. The number of halogens is 1. The Morgan fingerprint density at radius 3 is 2.66 bits per heavy atom. The first-order valence-corrected chi connectivity index (χ1v) is 11.0. The number of para-hydroxylation sites is 1. The van der Waals surface area contributed by atoms with E-state index in [0.29, 0.717) is 42.4 Å². The van der Waals surface area contributed by atoms with Gasteiger partial charge in [-0.3, -0.25) is 9.55 Å². The summed E-state index contributed by atoms with van der Waals surface area (Å²) >= 11 is 6.42. The van der Waals surface area contributed by atoms with Crippen molar-refractivity contribution in [3.05, 3.63) is 59.0 Å². The summed E-state index contributed by atoms with van der Waals surface area (Å²) in [5, 5.41) is 11.5. The second-order valence-electron chi connectivity index (χ2n) is 8.19. The lowest BCUT2D eigenvalue weighted by Gasteiger charge is -2.29. The predicted octanol–water partition coefficient (Wildman–Crippen LogP) is 4.89. The van der Waals surface area contributed by atoms with Crippen LogP contribution in [0, 0.1) is 0 Å². The molecule has 1 saturated heterocycles. The molecule has 2 aromatic carbocycles. The van der Waals surface area contributed by atoms with Gasteiger partial charge in [-0.05, 0) is 24.3 Å². The third-order valence-electron chi connectivity index (χ3n) is 5.83. The summed E-state index contributed by atoms with van der Waals surface area (Å²) in [7, 11) is 0. The Hall–Kier alpha value is -3.16. The van der Waals surface area contributed by atoms with Gasteiger partial charge in [0.2, 0.25) is 0 Å². The molecule has 164 valence electrons. The summed E-state index contributed by atoms with van der Waals surface area (Å²) < 4.78 is 7.53. The lowest BCUT2D eigenvalue weighted by molar-refractivity contribution is 0.0699. The number of rotatable bonds is 4. The minimum atomic E-state index is -0.993. The van der Waals surface area contributed by atoms with Gasteiger partial charge >= 0.3 is 5.97 Å². The lowest BCUT2D eigenvalue weighted by atomic mass is 10.1. The van der Waals surface area contributed by atoms with Gasteiger partial charge in [-0.1, -0.05) is 37.6 Å². The summed E-state index contributed by atoms with van der Waals surface area (Å²) in [6.07, 6.45) is 1.73. The number of carbonyl (C=O) groups is 1. The van der Waals surface area contributed by atoms with Crippen LogP contribution in [0.5, 0.6) is 0 Å². The van der Waals surface area contributed by atoms with Crippen molar-refractivity contribution < 1.29 is 14.6 Å². The maximum Gasteiger partial charge on any atom is 0.338 e. The van der Waals surface area contributed by atoms with Crippen LogP contribution in [0.3, 0.4) is 0 Å². The predicted molar refractivity (Wildman–Crippen MR) is 125 cm³/mol. The summed E-state index contributed by atoms with van der Waals surface area (Å²) in [6, 6.07) is 11.4. The smallest absolute Gasteiger partial charge is 0.338 e. The second kappa shape index (κ2) is 8.07. The normalized spacial score (nSPS) is 14.6. The van der Waals surface area contributed by atoms with E-state index < -0.39 is 5.97 Å². The van der Waals surface area contributed by atoms with E-state index >= 15 is 0 Å². The van der Waals surface area contributed by atoms with Crippen molar-refractivity contribution in [1.29, 1.82) is 0 Å². The van der Waals surface area contributed by atoms with E-state index in [9.17, 15) is 9.90 Å². The monoisotopic (exact) mass is 450 g/mol. The number of anilines is 1. The maximum atomic E-state index is 12.2. The van der Waals surface area contributed by atoms with Crippen LogP contribution in [-0.2, 0) is 4.74 Å². The first kappa shape index (κ1) is 20.7. The number of aromatic nitrogens is 3. The van der Waals surface area contributed by atoms with Gasteiger partial charge in [-0.25, -0.2) is 9.78 Å². The van der Waals surface area contributed by atoms with E-state index in [1.165, 1.54) is 0 Å². The van der Waals surface area contributed by atoms with Crippen LogP contribution in [0.4, 0.5) is 5.69 Å². The van der Waals surface area contributed by atoms with Crippen molar-refractivity contribution in [3.63, 3.8) is 0 Å². The highest BCUT2D eigenvalue weighted by Crippen LogP contribution is 2.35. The number of aromatic carboxylic acids is 1. The molecule has 4 aromatic rings. The third-order valence-corrected chi connectivity index (χ3v) is 6.14. The molecule has 0 amide bonds. The Balaban J connectivity index is 1.86. The summed E-state index contributed by atoms with van der Waals surface area (Å²) in [5.74, 6) is -0.139. The maximum absolute atomic E-state index is 12.2. The Kier molecular flexibility index (Phi) is 5.23. The van der Waals surface area contributed by atoms with Crippen molar-refractivity contribution >= 4 is 45.2 Å². The molecule has 3 heterocycles. The number of fused-ring (bicyclic) bond motifs is 2. The molecule has 0 aliphatic carbocycles. The molecular formula is C24H23ClN4O3. The van der Waals surface area contributed by atoms with Crippen LogP contribution in [0.2, 0.25) is 5.02 Å². The molecule has 1 fully saturated rings. The molecule has 5 rings (SSSR count). The van der Waals surface area contributed by atoms with Crippen LogP contribution in [-0.4, -0.2) is 51.9 Å². The van der Waals surface area contributed by atoms with Crippen LogP contribution >= 0.6 is 11.6 Å². The van der Waals surface area contributed by atoms with Crippen molar-refractivity contribution in [2.45, 2.75) is 19.8 Å². The van der Waals surface area contributed by atoms with Gasteiger partial charge in [-0.2, -0.15) is 0 Å². The lowest BCUT2D eigenvalue weighted by Crippen LogP contribution is -2.36. The number of hydrogen-bond donors (Lipinski definition) is 1. The van der Waals surface area contributed by atoms with Crippen LogP contribution in [0.25, 0.3) is 27.6 Å². The number of benzene rings is 2. The summed E-state index contributed by atoms with van der Waals surface area (Å²) in [6.45, 7) is 6.76. The van der Waals surface area contributed by atoms with Crippen LogP contribution in [0.15, 0.2) is 42.6 Å². The van der Waals surface area contributed by atoms with Gasteiger partial charge < -0.3 is 14.7 Å². The molecule has 0 saturated carbocycles. The molecule has 0 spiro atoms. The molecule has 0 unspecified atom stereocenters. The van der Waals surface area contributed by atoms with Gasteiger partial charge in [0.15, 0.2) is 0 Å². The van der Waals surface area contributed by atoms with Gasteiger partial charge in [0.05, 0.1) is 40.5 Å². The number of nitrogens with zero attached hydrogens (tertiary/aromatic N) is 4. The topological polar surface area (TPSA) is 80.5 Å². The zero-order chi connectivity index (χ0) is 22.4. The molecule has 1 N–H and O–H groups in total. The number of pyridine rings is 1. The van der Waals surface area contributed by atoms with Crippen LogP contribution < -0.4 is 4.90 Å². The number of imidazole rings is 1. The van der Waals surface area contributed by atoms with Gasteiger partial charge in [0.1, 0.15) is 11.3 Å². The first-order chi connectivity index (χ1) is 15.5. The number of carboxylic acid groups (broad SMARTS) is 1. The summed E-state index contributed by atoms with van der Waals surface area (Å²) in [5.41, 5.74) is 3.85. The average molecular weight is 451 g/mol. The molecule has 7 nitrogen and oxygen atoms in total. The Morgan fingerprint density at radius 1 is 1.16 bits per heavy atom. The van der Waals surface area contributed by atoms with Crippen LogP contribution in [0.1, 0.15) is 35.9 Å². The molecule has 1 aliphatic rings. The van der Waals surface area contributed by atoms with Gasteiger partial charge in [0, 0.05) is 36.3 Å². The number of hydrogen-bond acceptors (Lipinski definition) is 5. The Labute approximate surface area is 190 Å². The Morgan fingerprint density at radius 2 is 1.94 bits per heavy atom. The van der Waals surface area contributed by atoms with E-state index in [0.717, 1.165) is 28.1 Å². The zero-order valence-electron chi connectivity index (χ0n) is 17.9. The fraction of sp³-hybridized carbons (Fsp3) is 0.292. The molecule has 0 atom stereocenters. The number of ether oxygens (including phenoxy) is 1. The zero-order valence-corrected chi connectivity index (χ0v) is 18.6.